The molecule has 3 rings (SSSR count). The van der Waals surface area contributed by atoms with Crippen LogP contribution in [0.5, 0.6) is 0 Å². The van der Waals surface area contributed by atoms with Crippen LogP contribution >= 0.6 is 11.3 Å². The van der Waals surface area contributed by atoms with Crippen molar-refractivity contribution < 1.29 is 14.8 Å². The number of anilines is 1. The van der Waals surface area contributed by atoms with Gasteiger partial charge in [0.2, 0.25) is 0 Å². The number of hydrogen-bond acceptors (Lipinski definition) is 6. The van der Waals surface area contributed by atoms with Gasteiger partial charge in [-0.2, -0.15) is 0 Å². The molecule has 1 N–H and O–H groups in total. The van der Waals surface area contributed by atoms with E-state index in [0.717, 1.165) is 20.8 Å². The third-order valence-electron chi connectivity index (χ3n) is 4.20. The molecule has 2 aromatic carbocycles. The molecule has 0 radical (unpaired) electrons. The number of fused-ring (bicyclic) bond motifs is 1. The Morgan fingerprint density at radius 3 is 2.64 bits per heavy atom. The monoisotopic (exact) mass is 397 g/mol. The Bertz CT molecular complexity index is 1040. The van der Waals surface area contributed by atoms with Crippen molar-refractivity contribution in [2.45, 2.75) is 12.8 Å². The van der Waals surface area contributed by atoms with Crippen LogP contribution in [-0.2, 0) is 4.79 Å². The largest absolute Gasteiger partial charge is 0.481 e. The second-order valence-electron chi connectivity index (χ2n) is 6.45. The summed E-state index contributed by atoms with van der Waals surface area (Å²) in [5, 5.41) is 21.3. The first kappa shape index (κ1) is 19.5. The van der Waals surface area contributed by atoms with E-state index in [1.54, 1.807) is 37.2 Å². The maximum Gasteiger partial charge on any atom is 0.303 e. The molecule has 0 saturated carbocycles. The van der Waals surface area contributed by atoms with Crippen LogP contribution < -0.4 is 4.90 Å². The van der Waals surface area contributed by atoms with E-state index in [4.69, 9.17) is 5.11 Å². The fourth-order valence-corrected chi connectivity index (χ4v) is 3.86. The van der Waals surface area contributed by atoms with Gasteiger partial charge < -0.3 is 10.0 Å². The number of carbonyl (C=O) groups is 1. The number of rotatable bonds is 7. The van der Waals surface area contributed by atoms with Crippen LogP contribution in [0.15, 0.2) is 42.5 Å². The van der Waals surface area contributed by atoms with Crippen LogP contribution in [0.1, 0.15) is 23.4 Å². The summed E-state index contributed by atoms with van der Waals surface area (Å²) >= 11 is 1.48. The van der Waals surface area contributed by atoms with Crippen LogP contribution in [-0.4, -0.2) is 35.1 Å². The average Bonchev–Trinajstić information content (AvgIpc) is 3.08. The highest BCUT2D eigenvalue weighted by molar-refractivity contribution is 7.19. The third kappa shape index (κ3) is 4.34. The quantitative estimate of drug-likeness (QED) is 0.459. The van der Waals surface area contributed by atoms with Crippen LogP contribution in [0.25, 0.3) is 21.9 Å². The molecule has 0 aliphatic heterocycles. The van der Waals surface area contributed by atoms with Crippen molar-refractivity contribution in [2.75, 3.05) is 19.0 Å². The first-order chi connectivity index (χ1) is 13.3. The van der Waals surface area contributed by atoms with Crippen LogP contribution in [0, 0.1) is 10.1 Å². The third-order valence-corrected chi connectivity index (χ3v) is 5.31. The Labute approximate surface area is 165 Å². The Hall–Kier alpha value is -3.26. The summed E-state index contributed by atoms with van der Waals surface area (Å²) in [4.78, 5) is 28.4. The molecule has 0 saturated heterocycles. The molecule has 3 aromatic rings. The molecule has 0 unspecified atom stereocenters. The van der Waals surface area contributed by atoms with Gasteiger partial charge in [0.1, 0.15) is 10.7 Å². The summed E-state index contributed by atoms with van der Waals surface area (Å²) in [6.07, 6.45) is 2.03. The molecule has 144 valence electrons. The van der Waals surface area contributed by atoms with E-state index in [1.807, 2.05) is 24.3 Å². The van der Waals surface area contributed by atoms with Gasteiger partial charge in [0.15, 0.2) is 0 Å². The number of benzene rings is 2. The van der Waals surface area contributed by atoms with Crippen molar-refractivity contribution in [3.8, 4) is 0 Å². The van der Waals surface area contributed by atoms with Crippen molar-refractivity contribution in [1.29, 1.82) is 0 Å². The molecule has 0 fully saturated rings. The molecule has 0 atom stereocenters. The molecule has 0 aliphatic rings. The Morgan fingerprint density at radius 1 is 1.25 bits per heavy atom. The Kier molecular flexibility index (Phi) is 5.70. The number of aromatic nitrogens is 1. The number of hydrogen-bond donors (Lipinski definition) is 1. The highest BCUT2D eigenvalue weighted by Crippen LogP contribution is 2.33. The minimum absolute atomic E-state index is 0.000587. The van der Waals surface area contributed by atoms with Crippen molar-refractivity contribution in [2.24, 2.45) is 0 Å². The first-order valence-electron chi connectivity index (χ1n) is 8.59. The zero-order valence-electron chi connectivity index (χ0n) is 15.5. The van der Waals surface area contributed by atoms with Gasteiger partial charge in [-0.15, -0.1) is 11.3 Å². The molecule has 7 nitrogen and oxygen atoms in total. The highest BCUT2D eigenvalue weighted by atomic mass is 32.1. The molecule has 0 amide bonds. The van der Waals surface area contributed by atoms with Gasteiger partial charge in [0.25, 0.3) is 5.69 Å². The van der Waals surface area contributed by atoms with E-state index in [9.17, 15) is 14.9 Å². The molecule has 8 heteroatoms. The summed E-state index contributed by atoms with van der Waals surface area (Å²) < 4.78 is 1.01. The van der Waals surface area contributed by atoms with E-state index in [0.29, 0.717) is 17.7 Å². The molecule has 0 spiro atoms. The van der Waals surface area contributed by atoms with E-state index in [2.05, 4.69) is 4.98 Å². The van der Waals surface area contributed by atoms with Crippen molar-refractivity contribution in [3.05, 3.63) is 63.1 Å². The molecule has 0 aliphatic carbocycles. The number of carboxylic acid groups (broad SMARTS) is 1. The van der Waals surface area contributed by atoms with Gasteiger partial charge in [0, 0.05) is 26.6 Å². The second-order valence-corrected chi connectivity index (χ2v) is 7.48. The molecule has 0 bridgehead atoms. The number of thiazole rings is 1. The normalized spacial score (nSPS) is 11.6. The van der Waals surface area contributed by atoms with Crippen molar-refractivity contribution >= 4 is 50.5 Å². The van der Waals surface area contributed by atoms with Crippen molar-refractivity contribution in [3.63, 3.8) is 0 Å². The van der Waals surface area contributed by atoms with E-state index >= 15 is 0 Å². The predicted octanol–water partition coefficient (Wildman–Crippen LogP) is 4.68. The number of nitro benzene ring substituents is 1. The maximum atomic E-state index is 11.4. The molecular weight excluding hydrogens is 378 g/mol. The molecule has 1 aromatic heterocycles. The van der Waals surface area contributed by atoms with Gasteiger partial charge in [0.05, 0.1) is 15.1 Å². The van der Waals surface area contributed by atoms with Crippen LogP contribution in [0.2, 0.25) is 0 Å². The zero-order valence-corrected chi connectivity index (χ0v) is 16.3. The lowest BCUT2D eigenvalue weighted by Crippen LogP contribution is -2.11. The van der Waals surface area contributed by atoms with Crippen LogP contribution in [0.3, 0.4) is 0 Å². The summed E-state index contributed by atoms with van der Waals surface area (Å²) in [5.41, 5.74) is 2.74. The fourth-order valence-electron chi connectivity index (χ4n) is 2.85. The Balaban J connectivity index is 2.07. The standard InChI is InChI=1S/C20H19N3O4S/c1-22(2)16-9-7-13(12-17(16)23(26)27)11-14(8-10-19(24)25)20-21-15-5-3-4-6-18(15)28-20/h3-7,9,11-12H,8,10H2,1-2H3,(H,24,25)/b14-11+. The number of aliphatic carboxylic acids is 1. The number of nitro groups is 1. The fraction of sp³-hybridized carbons (Fsp3) is 0.200. The predicted molar refractivity (Wildman–Crippen MR) is 112 cm³/mol. The summed E-state index contributed by atoms with van der Waals surface area (Å²) in [5.74, 6) is -0.902. The lowest BCUT2D eigenvalue weighted by molar-refractivity contribution is -0.384. The van der Waals surface area contributed by atoms with Gasteiger partial charge in [-0.3, -0.25) is 14.9 Å². The lowest BCUT2D eigenvalue weighted by atomic mass is 10.1. The summed E-state index contributed by atoms with van der Waals surface area (Å²) in [7, 11) is 3.49. The van der Waals surface area contributed by atoms with Crippen molar-refractivity contribution in [1.82, 2.24) is 4.98 Å². The minimum Gasteiger partial charge on any atom is -0.481 e. The van der Waals surface area contributed by atoms with Gasteiger partial charge in [-0.1, -0.05) is 18.2 Å². The smallest absolute Gasteiger partial charge is 0.303 e. The number of nitrogens with zero attached hydrogens (tertiary/aromatic N) is 3. The van der Waals surface area contributed by atoms with E-state index < -0.39 is 10.9 Å². The average molecular weight is 397 g/mol. The summed E-state index contributed by atoms with van der Waals surface area (Å²) in [6, 6.07) is 12.7. The first-order valence-corrected chi connectivity index (χ1v) is 9.41. The van der Waals surface area contributed by atoms with Gasteiger partial charge in [-0.25, -0.2) is 4.98 Å². The van der Waals surface area contributed by atoms with Gasteiger partial charge in [-0.05, 0) is 41.8 Å². The lowest BCUT2D eigenvalue weighted by Gasteiger charge is -2.13. The maximum absolute atomic E-state index is 11.4. The molecule has 28 heavy (non-hydrogen) atoms. The van der Waals surface area contributed by atoms with Crippen LogP contribution in [0.4, 0.5) is 11.4 Å². The minimum atomic E-state index is -0.902. The van der Waals surface area contributed by atoms with Gasteiger partial charge >= 0.3 is 5.97 Å². The zero-order chi connectivity index (χ0) is 20.3. The Morgan fingerprint density at radius 2 is 2.00 bits per heavy atom. The number of para-hydroxylation sites is 1. The van der Waals surface area contributed by atoms with E-state index in [-0.39, 0.29) is 12.1 Å². The molecule has 1 heterocycles. The molecular formula is C20H19N3O4S. The SMILES string of the molecule is CN(C)c1ccc(/C=C(\CCC(=O)O)c2nc3ccccc3s2)cc1[N+](=O)[O-]. The number of carboxylic acids is 1. The highest BCUT2D eigenvalue weighted by Gasteiger charge is 2.17. The second kappa shape index (κ2) is 8.18. The topological polar surface area (TPSA) is 96.6 Å². The number of allylic oxidation sites excluding steroid dienone is 1. The summed E-state index contributed by atoms with van der Waals surface area (Å²) in [6.45, 7) is 0. The van der Waals surface area contributed by atoms with E-state index in [1.165, 1.54) is 17.4 Å².